The summed E-state index contributed by atoms with van der Waals surface area (Å²) >= 11 is 2.29. The van der Waals surface area contributed by atoms with Crippen LogP contribution in [0.5, 0.6) is 0 Å². The van der Waals surface area contributed by atoms with E-state index in [0.29, 0.717) is 3.92 Å². The Labute approximate surface area is 80.1 Å². The standard InChI is InChI=1S/C8H11IO2/c1-11-8(10)6-4-2-3-5-7(6)9/h4,7H,2-3,5H2,1H3. The van der Waals surface area contributed by atoms with Crippen LogP contribution in [0.3, 0.4) is 0 Å². The number of hydrogen-bond acceptors (Lipinski definition) is 2. The van der Waals surface area contributed by atoms with Gasteiger partial charge in [-0.15, -0.1) is 0 Å². The quantitative estimate of drug-likeness (QED) is 0.412. The summed E-state index contributed by atoms with van der Waals surface area (Å²) in [6.45, 7) is 0. The lowest BCUT2D eigenvalue weighted by Crippen LogP contribution is -2.16. The molecule has 0 radical (unpaired) electrons. The maximum atomic E-state index is 11.1. The molecular formula is C8H11IO2. The highest BCUT2D eigenvalue weighted by atomic mass is 127. The van der Waals surface area contributed by atoms with Crippen molar-refractivity contribution >= 4 is 28.6 Å². The Kier molecular flexibility index (Phi) is 3.36. The van der Waals surface area contributed by atoms with Gasteiger partial charge in [0.1, 0.15) is 0 Å². The van der Waals surface area contributed by atoms with Crippen LogP contribution in [0.15, 0.2) is 11.6 Å². The van der Waals surface area contributed by atoms with Crippen LogP contribution in [0, 0.1) is 0 Å². The summed E-state index contributed by atoms with van der Waals surface area (Å²) in [6, 6.07) is 0. The number of carbonyl (C=O) groups is 1. The predicted molar refractivity (Wildman–Crippen MR) is 51.8 cm³/mol. The minimum absolute atomic E-state index is 0.163. The summed E-state index contributed by atoms with van der Waals surface area (Å²) in [5.41, 5.74) is 0.847. The average molecular weight is 266 g/mol. The van der Waals surface area contributed by atoms with E-state index in [9.17, 15) is 4.79 Å². The van der Waals surface area contributed by atoms with Crippen LogP contribution in [0.25, 0.3) is 0 Å². The zero-order valence-corrected chi connectivity index (χ0v) is 8.63. The van der Waals surface area contributed by atoms with Crippen molar-refractivity contribution < 1.29 is 9.53 Å². The average Bonchev–Trinajstić information content (AvgIpc) is 2.04. The van der Waals surface area contributed by atoms with Crippen molar-refractivity contribution in [1.29, 1.82) is 0 Å². The van der Waals surface area contributed by atoms with E-state index in [2.05, 4.69) is 27.3 Å². The molecule has 0 fully saturated rings. The van der Waals surface area contributed by atoms with Gasteiger partial charge < -0.3 is 4.74 Å². The van der Waals surface area contributed by atoms with Crippen molar-refractivity contribution in [2.24, 2.45) is 0 Å². The molecule has 0 saturated carbocycles. The van der Waals surface area contributed by atoms with E-state index in [0.717, 1.165) is 18.4 Å². The highest BCUT2D eigenvalue weighted by molar-refractivity contribution is 14.1. The van der Waals surface area contributed by atoms with E-state index in [-0.39, 0.29) is 5.97 Å². The van der Waals surface area contributed by atoms with Gasteiger partial charge in [-0.1, -0.05) is 28.7 Å². The number of allylic oxidation sites excluding steroid dienone is 1. The third-order valence-electron chi connectivity index (χ3n) is 1.78. The van der Waals surface area contributed by atoms with Crippen LogP contribution in [0.4, 0.5) is 0 Å². The molecule has 1 unspecified atom stereocenters. The molecule has 0 aromatic heterocycles. The molecule has 11 heavy (non-hydrogen) atoms. The van der Waals surface area contributed by atoms with Crippen LogP contribution in [-0.2, 0) is 9.53 Å². The van der Waals surface area contributed by atoms with Crippen molar-refractivity contribution in [3.8, 4) is 0 Å². The normalized spacial score (nSPS) is 24.2. The number of methoxy groups -OCH3 is 1. The van der Waals surface area contributed by atoms with Gasteiger partial charge in [0.25, 0.3) is 0 Å². The fourth-order valence-corrected chi connectivity index (χ4v) is 2.12. The first-order valence-electron chi connectivity index (χ1n) is 3.68. The predicted octanol–water partition coefficient (Wildman–Crippen LogP) is 2.07. The molecule has 0 bridgehead atoms. The number of alkyl halides is 1. The zero-order chi connectivity index (χ0) is 8.27. The maximum Gasteiger partial charge on any atom is 0.334 e. The summed E-state index contributed by atoms with van der Waals surface area (Å²) < 4.78 is 5.00. The van der Waals surface area contributed by atoms with Crippen molar-refractivity contribution in [2.45, 2.75) is 23.2 Å². The molecular weight excluding hydrogens is 255 g/mol. The fourth-order valence-electron chi connectivity index (χ4n) is 1.17. The SMILES string of the molecule is COC(=O)C1=CCCCC1I. The first-order chi connectivity index (χ1) is 5.25. The van der Waals surface area contributed by atoms with Crippen LogP contribution < -0.4 is 0 Å². The second kappa shape index (κ2) is 4.09. The second-order valence-corrected chi connectivity index (χ2v) is 4.05. The molecule has 1 atom stereocenters. The number of esters is 1. The van der Waals surface area contributed by atoms with Gasteiger partial charge in [-0.3, -0.25) is 0 Å². The summed E-state index contributed by atoms with van der Waals surface area (Å²) in [5.74, 6) is -0.163. The van der Waals surface area contributed by atoms with E-state index in [4.69, 9.17) is 0 Å². The molecule has 0 aromatic carbocycles. The Bertz CT molecular complexity index is 187. The summed E-state index contributed by atoms with van der Waals surface area (Å²) in [6.07, 6.45) is 5.30. The van der Waals surface area contributed by atoms with E-state index in [1.165, 1.54) is 13.5 Å². The van der Waals surface area contributed by atoms with Crippen molar-refractivity contribution in [2.75, 3.05) is 7.11 Å². The molecule has 62 valence electrons. The third kappa shape index (κ3) is 2.18. The molecule has 0 aromatic rings. The molecule has 0 saturated heterocycles. The van der Waals surface area contributed by atoms with Crippen LogP contribution in [0.1, 0.15) is 19.3 Å². The number of rotatable bonds is 1. The number of carbonyl (C=O) groups excluding carboxylic acids is 1. The summed E-state index contributed by atoms with van der Waals surface area (Å²) in [5, 5.41) is 0. The summed E-state index contributed by atoms with van der Waals surface area (Å²) in [4.78, 5) is 11.1. The van der Waals surface area contributed by atoms with E-state index >= 15 is 0 Å². The number of ether oxygens (including phenoxy) is 1. The van der Waals surface area contributed by atoms with E-state index in [1.807, 2.05) is 6.08 Å². The Morgan fingerprint density at radius 3 is 3.09 bits per heavy atom. The van der Waals surface area contributed by atoms with Crippen molar-refractivity contribution in [3.63, 3.8) is 0 Å². The Morgan fingerprint density at radius 2 is 2.55 bits per heavy atom. The molecule has 0 N–H and O–H groups in total. The minimum Gasteiger partial charge on any atom is -0.466 e. The third-order valence-corrected chi connectivity index (χ3v) is 3.08. The molecule has 2 nitrogen and oxygen atoms in total. The maximum absolute atomic E-state index is 11.1. The van der Waals surface area contributed by atoms with Gasteiger partial charge in [0, 0.05) is 9.50 Å². The molecule has 0 amide bonds. The van der Waals surface area contributed by atoms with Crippen LogP contribution in [0.2, 0.25) is 0 Å². The number of halogens is 1. The lowest BCUT2D eigenvalue weighted by atomic mass is 10.00. The minimum atomic E-state index is -0.163. The molecule has 1 aliphatic carbocycles. The Balaban J connectivity index is 2.67. The molecule has 1 aliphatic rings. The van der Waals surface area contributed by atoms with Gasteiger partial charge >= 0.3 is 5.97 Å². The smallest absolute Gasteiger partial charge is 0.334 e. The van der Waals surface area contributed by atoms with Gasteiger partial charge in [-0.05, 0) is 19.3 Å². The van der Waals surface area contributed by atoms with Gasteiger partial charge in [0.05, 0.1) is 7.11 Å². The monoisotopic (exact) mass is 266 g/mol. The van der Waals surface area contributed by atoms with Gasteiger partial charge in [-0.25, -0.2) is 4.79 Å². The lowest BCUT2D eigenvalue weighted by molar-refractivity contribution is -0.136. The number of hydrogen-bond donors (Lipinski definition) is 0. The zero-order valence-electron chi connectivity index (χ0n) is 6.47. The molecule has 0 spiro atoms. The molecule has 0 heterocycles. The van der Waals surface area contributed by atoms with Crippen LogP contribution >= 0.6 is 22.6 Å². The molecule has 1 rings (SSSR count). The second-order valence-electron chi connectivity index (χ2n) is 2.55. The van der Waals surface area contributed by atoms with Gasteiger partial charge in [-0.2, -0.15) is 0 Å². The van der Waals surface area contributed by atoms with Crippen molar-refractivity contribution in [1.82, 2.24) is 0 Å². The van der Waals surface area contributed by atoms with Crippen molar-refractivity contribution in [3.05, 3.63) is 11.6 Å². The fraction of sp³-hybridized carbons (Fsp3) is 0.625. The van der Waals surface area contributed by atoms with E-state index < -0.39 is 0 Å². The molecule has 0 aliphatic heterocycles. The van der Waals surface area contributed by atoms with E-state index in [1.54, 1.807) is 0 Å². The highest BCUT2D eigenvalue weighted by Crippen LogP contribution is 2.25. The molecule has 3 heteroatoms. The van der Waals surface area contributed by atoms with Gasteiger partial charge in [0.2, 0.25) is 0 Å². The largest absolute Gasteiger partial charge is 0.466 e. The highest BCUT2D eigenvalue weighted by Gasteiger charge is 2.20. The van der Waals surface area contributed by atoms with Crippen LogP contribution in [-0.4, -0.2) is 17.0 Å². The van der Waals surface area contributed by atoms with Gasteiger partial charge in [0.15, 0.2) is 0 Å². The lowest BCUT2D eigenvalue weighted by Gasteiger charge is -2.16. The Hall–Kier alpha value is -0.0600. The summed E-state index contributed by atoms with van der Waals surface area (Å²) in [7, 11) is 1.43. The topological polar surface area (TPSA) is 26.3 Å². The first kappa shape index (κ1) is 9.03. The first-order valence-corrected chi connectivity index (χ1v) is 4.92. The Morgan fingerprint density at radius 1 is 1.82 bits per heavy atom.